The van der Waals surface area contributed by atoms with Crippen LogP contribution < -0.4 is 4.72 Å². The molecular weight excluding hydrogens is 633 g/mol. The highest BCUT2D eigenvalue weighted by atomic mass is 32.2. The monoisotopic (exact) mass is 676 g/mol. The third-order valence-electron chi connectivity index (χ3n) is 9.50. The molecule has 2 N–H and O–H groups in total. The number of sulfonamides is 1. The van der Waals surface area contributed by atoms with E-state index in [2.05, 4.69) is 66.9 Å². The number of hydrogen-bond acceptors (Lipinski definition) is 6. The molecule has 0 radical (unpaired) electrons. The number of rotatable bonds is 12. The Morgan fingerprint density at radius 3 is 2.08 bits per heavy atom. The van der Waals surface area contributed by atoms with E-state index in [1.807, 2.05) is 66.7 Å². The molecule has 5 unspecified atom stereocenters. The Morgan fingerprint density at radius 2 is 1.41 bits per heavy atom. The van der Waals surface area contributed by atoms with Crippen LogP contribution in [0.15, 0.2) is 138 Å². The lowest BCUT2D eigenvalue weighted by Gasteiger charge is -2.43. The van der Waals surface area contributed by atoms with Gasteiger partial charge in [0.1, 0.15) is 0 Å². The molecule has 8 heteroatoms. The third kappa shape index (κ3) is 8.36. The molecule has 0 spiro atoms. The highest BCUT2D eigenvalue weighted by molar-refractivity contribution is 7.89. The Balaban J connectivity index is 1.20. The van der Waals surface area contributed by atoms with Crippen LogP contribution >= 0.6 is 0 Å². The van der Waals surface area contributed by atoms with Crippen molar-refractivity contribution in [2.24, 2.45) is 5.92 Å². The first-order valence-corrected chi connectivity index (χ1v) is 18.2. The molecule has 49 heavy (non-hydrogen) atoms. The third-order valence-corrected chi connectivity index (χ3v) is 10.9. The van der Waals surface area contributed by atoms with E-state index in [4.69, 9.17) is 9.47 Å². The highest BCUT2D eigenvalue weighted by Gasteiger charge is 2.39. The van der Waals surface area contributed by atoms with Gasteiger partial charge in [0, 0.05) is 30.6 Å². The number of hydrogen-bond donors (Lipinski definition) is 2. The Hall–Kier alpha value is -4.15. The molecule has 0 aliphatic carbocycles. The number of aliphatic hydroxyl groups excluding tert-OH is 1. The van der Waals surface area contributed by atoms with Crippen LogP contribution in [-0.2, 0) is 32.6 Å². The molecule has 0 aromatic heterocycles. The highest BCUT2D eigenvalue weighted by Crippen LogP contribution is 2.42. The van der Waals surface area contributed by atoms with Gasteiger partial charge in [-0.2, -0.15) is 0 Å². The number of benzene rings is 5. The number of nitrogens with zero attached hydrogens (tertiary/aromatic N) is 1. The van der Waals surface area contributed by atoms with Crippen LogP contribution in [0.3, 0.4) is 0 Å². The topological polar surface area (TPSA) is 88.1 Å². The van der Waals surface area contributed by atoms with Crippen molar-refractivity contribution in [2.75, 3.05) is 13.6 Å². The first kappa shape index (κ1) is 34.7. The molecule has 5 aromatic carbocycles. The normalized spacial score (nSPS) is 20.3. The van der Waals surface area contributed by atoms with Gasteiger partial charge in [0.25, 0.3) is 0 Å². The summed E-state index contributed by atoms with van der Waals surface area (Å²) < 4.78 is 41.6. The van der Waals surface area contributed by atoms with Crippen LogP contribution in [-0.4, -0.2) is 38.1 Å². The van der Waals surface area contributed by atoms with Gasteiger partial charge >= 0.3 is 0 Å². The Labute approximate surface area is 290 Å². The number of likely N-dealkylation sites (N-methyl/N-ethyl adjacent to an activating group) is 1. The maximum atomic E-state index is 12.7. The summed E-state index contributed by atoms with van der Waals surface area (Å²) in [6.07, 6.45) is -0.877. The van der Waals surface area contributed by atoms with E-state index >= 15 is 0 Å². The molecule has 0 bridgehead atoms. The molecule has 0 saturated carbocycles. The summed E-state index contributed by atoms with van der Waals surface area (Å²) in [4.78, 5) is 2.58. The predicted molar refractivity (Wildman–Crippen MR) is 193 cm³/mol. The average molecular weight is 677 g/mol. The second-order valence-corrected chi connectivity index (χ2v) is 14.6. The lowest BCUT2D eigenvalue weighted by atomic mass is 9.89. The zero-order valence-corrected chi connectivity index (χ0v) is 29.0. The number of nitrogens with one attached hydrogen (secondary N) is 1. The van der Waals surface area contributed by atoms with E-state index in [0.29, 0.717) is 0 Å². The van der Waals surface area contributed by atoms with Gasteiger partial charge in [-0.1, -0.05) is 122 Å². The second kappa shape index (κ2) is 15.6. The predicted octanol–water partition coefficient (Wildman–Crippen LogP) is 7.81. The SMILES string of the molecule is CC1C(CN(C)C(C)c2ccccc2)OC(c2ccc(-c3cccc(CNS(=O)(=O)c4ccccc4)c3)cc2)OC1c1ccc(CO)cc1. The lowest BCUT2D eigenvalue weighted by molar-refractivity contribution is -0.276. The van der Waals surface area contributed by atoms with Crippen LogP contribution in [0.2, 0.25) is 0 Å². The van der Waals surface area contributed by atoms with Crippen molar-refractivity contribution in [1.29, 1.82) is 0 Å². The minimum Gasteiger partial charge on any atom is -0.392 e. The molecule has 0 amide bonds. The molecule has 254 valence electrons. The van der Waals surface area contributed by atoms with E-state index in [1.165, 1.54) is 5.56 Å². The zero-order valence-electron chi connectivity index (χ0n) is 28.1. The minimum absolute atomic E-state index is 0.00353. The summed E-state index contributed by atoms with van der Waals surface area (Å²) in [5.41, 5.74) is 6.94. The summed E-state index contributed by atoms with van der Waals surface area (Å²) in [5, 5.41) is 9.61. The summed E-state index contributed by atoms with van der Waals surface area (Å²) in [5.74, 6) is 0.0722. The Bertz CT molecular complexity index is 1900. The van der Waals surface area contributed by atoms with Gasteiger partial charge in [0.05, 0.1) is 23.7 Å². The molecule has 1 heterocycles. The van der Waals surface area contributed by atoms with Gasteiger partial charge in [-0.15, -0.1) is 0 Å². The van der Waals surface area contributed by atoms with Gasteiger partial charge in [0.2, 0.25) is 10.0 Å². The first-order valence-electron chi connectivity index (χ1n) is 16.7. The van der Waals surface area contributed by atoms with Crippen molar-refractivity contribution < 1.29 is 23.0 Å². The van der Waals surface area contributed by atoms with Crippen molar-refractivity contribution in [3.8, 4) is 11.1 Å². The molecular formula is C41H44N2O5S. The standard InChI is InChI=1S/C41H44N2O5S/c1-29-39(27-43(3)30(2)33-12-6-4-7-13-33)47-41(48-40(29)35-19-17-31(28-44)18-20-35)36-23-21-34(22-24-36)37-14-10-11-32(25-37)26-42-49(45,46)38-15-8-5-9-16-38/h4-25,29-30,39-42,44H,26-28H2,1-3H3. The van der Waals surface area contributed by atoms with Gasteiger partial charge in [-0.3, -0.25) is 4.90 Å². The van der Waals surface area contributed by atoms with Crippen LogP contribution in [0, 0.1) is 5.92 Å². The fourth-order valence-corrected chi connectivity index (χ4v) is 7.35. The van der Waals surface area contributed by atoms with Gasteiger partial charge in [-0.05, 0) is 65.6 Å². The van der Waals surface area contributed by atoms with Crippen LogP contribution in [0.4, 0.5) is 0 Å². The Kier molecular flexibility index (Phi) is 11.0. The van der Waals surface area contributed by atoms with Gasteiger partial charge in [0.15, 0.2) is 6.29 Å². The van der Waals surface area contributed by atoms with Crippen molar-refractivity contribution in [1.82, 2.24) is 9.62 Å². The molecule has 1 saturated heterocycles. The second-order valence-electron chi connectivity index (χ2n) is 12.8. The summed E-state index contributed by atoms with van der Waals surface area (Å²) in [7, 11) is -1.47. The van der Waals surface area contributed by atoms with Crippen molar-refractivity contribution in [2.45, 2.75) is 56.4 Å². The molecule has 5 aromatic rings. The molecule has 1 aliphatic rings. The average Bonchev–Trinajstić information content (AvgIpc) is 3.15. The van der Waals surface area contributed by atoms with E-state index in [1.54, 1.807) is 30.3 Å². The van der Waals surface area contributed by atoms with E-state index in [-0.39, 0.29) is 42.2 Å². The molecule has 5 atom stereocenters. The quantitative estimate of drug-likeness (QED) is 0.140. The maximum absolute atomic E-state index is 12.7. The summed E-state index contributed by atoms with van der Waals surface area (Å²) >= 11 is 0. The fraction of sp³-hybridized carbons (Fsp3) is 0.268. The van der Waals surface area contributed by atoms with Crippen molar-refractivity contribution in [3.05, 3.63) is 161 Å². The zero-order chi connectivity index (χ0) is 34.4. The van der Waals surface area contributed by atoms with Gasteiger partial charge in [-0.25, -0.2) is 13.1 Å². The fourth-order valence-electron chi connectivity index (χ4n) is 6.31. The smallest absolute Gasteiger partial charge is 0.240 e. The number of ether oxygens (including phenoxy) is 2. The van der Waals surface area contributed by atoms with Crippen LogP contribution in [0.1, 0.15) is 60.1 Å². The molecule has 1 fully saturated rings. The maximum Gasteiger partial charge on any atom is 0.240 e. The lowest BCUT2D eigenvalue weighted by Crippen LogP contribution is -2.44. The number of aliphatic hydroxyl groups is 1. The minimum atomic E-state index is -3.61. The van der Waals surface area contributed by atoms with E-state index in [0.717, 1.165) is 39.9 Å². The largest absolute Gasteiger partial charge is 0.392 e. The Morgan fingerprint density at radius 1 is 0.755 bits per heavy atom. The van der Waals surface area contributed by atoms with Crippen LogP contribution in [0.25, 0.3) is 11.1 Å². The van der Waals surface area contributed by atoms with Gasteiger partial charge < -0.3 is 14.6 Å². The molecule has 6 rings (SSSR count). The summed E-state index contributed by atoms with van der Waals surface area (Å²) in [6.45, 7) is 5.30. The molecule has 1 aliphatic heterocycles. The van der Waals surface area contributed by atoms with Crippen LogP contribution in [0.5, 0.6) is 0 Å². The van der Waals surface area contributed by atoms with E-state index < -0.39 is 16.3 Å². The summed E-state index contributed by atoms with van der Waals surface area (Å²) in [6, 6.07) is 43.1. The van der Waals surface area contributed by atoms with Crippen molar-refractivity contribution >= 4 is 10.0 Å². The van der Waals surface area contributed by atoms with E-state index in [9.17, 15) is 13.5 Å². The van der Waals surface area contributed by atoms with Crippen molar-refractivity contribution in [3.63, 3.8) is 0 Å². The first-order chi connectivity index (χ1) is 23.7. The molecule has 7 nitrogen and oxygen atoms in total.